The molecule has 0 aromatic heterocycles. The van der Waals surface area contributed by atoms with Crippen molar-refractivity contribution >= 4 is 27.5 Å². The van der Waals surface area contributed by atoms with E-state index in [2.05, 4.69) is 4.72 Å². The summed E-state index contributed by atoms with van der Waals surface area (Å²) in [4.78, 5) is 14.3. The summed E-state index contributed by atoms with van der Waals surface area (Å²) in [5, 5.41) is 0.0980. The van der Waals surface area contributed by atoms with Crippen molar-refractivity contribution in [2.45, 2.75) is 57.9 Å². The van der Waals surface area contributed by atoms with Gasteiger partial charge in [0.15, 0.2) is 0 Å². The number of amides is 1. The fraction of sp³-hybridized carbons (Fsp3) is 0.588. The highest BCUT2D eigenvalue weighted by molar-refractivity contribution is 7.89. The maximum Gasteiger partial charge on any atom is 0.253 e. The number of carbonyl (C=O) groups excluding carboxylic acids is 1. The van der Waals surface area contributed by atoms with Crippen LogP contribution in [0.4, 0.5) is 0 Å². The maximum absolute atomic E-state index is 12.7. The lowest BCUT2D eigenvalue weighted by Crippen LogP contribution is -2.40. The molecule has 0 aliphatic carbocycles. The zero-order chi connectivity index (χ0) is 18.5. The second kappa shape index (κ2) is 8.32. The molecule has 0 radical (unpaired) electrons. The summed E-state index contributed by atoms with van der Waals surface area (Å²) in [6.07, 6.45) is 1.69. The van der Waals surface area contributed by atoms with Gasteiger partial charge in [0.1, 0.15) is 4.90 Å². The predicted molar refractivity (Wildman–Crippen MR) is 98.0 cm³/mol. The maximum atomic E-state index is 12.7. The standard InChI is InChI=1S/C17H27ClN2O3S/c1-6-10-20(11-7-2)16(21)13-8-9-14(18)15(12-13)24(22,23)19-17(3,4)5/h8-9,12,19H,6-7,10-11H2,1-5H3. The summed E-state index contributed by atoms with van der Waals surface area (Å²) >= 11 is 6.07. The second-order valence-electron chi connectivity index (χ2n) is 6.79. The van der Waals surface area contributed by atoms with Crippen LogP contribution < -0.4 is 4.72 Å². The highest BCUT2D eigenvalue weighted by Crippen LogP contribution is 2.24. The minimum Gasteiger partial charge on any atom is -0.339 e. The predicted octanol–water partition coefficient (Wildman–Crippen LogP) is 3.68. The first-order valence-corrected chi connectivity index (χ1v) is 10.0. The highest BCUT2D eigenvalue weighted by Gasteiger charge is 2.26. The Morgan fingerprint density at radius 2 is 1.71 bits per heavy atom. The van der Waals surface area contributed by atoms with Crippen molar-refractivity contribution in [1.82, 2.24) is 9.62 Å². The highest BCUT2D eigenvalue weighted by atomic mass is 35.5. The number of carbonyl (C=O) groups is 1. The third kappa shape index (κ3) is 5.76. The van der Waals surface area contributed by atoms with Crippen LogP contribution in [0.1, 0.15) is 57.8 Å². The minimum atomic E-state index is -3.81. The van der Waals surface area contributed by atoms with Gasteiger partial charge in [-0.1, -0.05) is 25.4 Å². The Labute approximate surface area is 150 Å². The molecule has 24 heavy (non-hydrogen) atoms. The van der Waals surface area contributed by atoms with E-state index in [4.69, 9.17) is 11.6 Å². The number of nitrogens with zero attached hydrogens (tertiary/aromatic N) is 1. The van der Waals surface area contributed by atoms with Gasteiger partial charge in [0.2, 0.25) is 10.0 Å². The number of benzene rings is 1. The summed E-state index contributed by atoms with van der Waals surface area (Å²) in [5.41, 5.74) is -0.311. The first-order chi connectivity index (χ1) is 11.0. The molecule has 136 valence electrons. The van der Waals surface area contributed by atoms with Crippen molar-refractivity contribution in [3.8, 4) is 0 Å². The van der Waals surface area contributed by atoms with Gasteiger partial charge in [-0.15, -0.1) is 0 Å². The number of nitrogens with one attached hydrogen (secondary N) is 1. The first kappa shape index (κ1) is 20.9. The van der Waals surface area contributed by atoms with E-state index < -0.39 is 15.6 Å². The van der Waals surface area contributed by atoms with Gasteiger partial charge in [-0.2, -0.15) is 0 Å². The normalized spacial score (nSPS) is 12.2. The molecule has 0 fully saturated rings. The Hall–Kier alpha value is -1.11. The molecule has 1 amide bonds. The molecule has 0 unspecified atom stereocenters. The molecule has 1 aromatic rings. The van der Waals surface area contributed by atoms with Crippen LogP contribution in [0.2, 0.25) is 5.02 Å². The number of sulfonamides is 1. The van der Waals surface area contributed by atoms with E-state index in [1.807, 2.05) is 13.8 Å². The topological polar surface area (TPSA) is 66.5 Å². The van der Waals surface area contributed by atoms with Crippen molar-refractivity contribution in [3.63, 3.8) is 0 Å². The van der Waals surface area contributed by atoms with Crippen molar-refractivity contribution in [1.29, 1.82) is 0 Å². The molecular weight excluding hydrogens is 348 g/mol. The van der Waals surface area contributed by atoms with E-state index in [0.29, 0.717) is 18.7 Å². The fourth-order valence-electron chi connectivity index (χ4n) is 2.34. The van der Waals surface area contributed by atoms with E-state index >= 15 is 0 Å². The molecule has 5 nitrogen and oxygen atoms in total. The first-order valence-electron chi connectivity index (χ1n) is 8.14. The Bertz CT molecular complexity index is 676. The molecular formula is C17H27ClN2O3S. The summed E-state index contributed by atoms with van der Waals surface area (Å²) in [6.45, 7) is 10.5. The number of hydrogen-bond acceptors (Lipinski definition) is 3. The molecule has 0 spiro atoms. The molecule has 1 N–H and O–H groups in total. The van der Waals surface area contributed by atoms with Crippen LogP contribution in [0, 0.1) is 0 Å². The minimum absolute atomic E-state index is 0.0714. The fourth-order valence-corrected chi connectivity index (χ4v) is 4.28. The average molecular weight is 375 g/mol. The Kier molecular flexibility index (Phi) is 7.25. The van der Waals surface area contributed by atoms with Crippen LogP contribution in [0.15, 0.2) is 23.1 Å². The van der Waals surface area contributed by atoms with Gasteiger partial charge >= 0.3 is 0 Å². The SMILES string of the molecule is CCCN(CCC)C(=O)c1ccc(Cl)c(S(=O)(=O)NC(C)(C)C)c1. The molecule has 0 saturated heterocycles. The average Bonchev–Trinajstić information content (AvgIpc) is 2.44. The van der Waals surface area contributed by atoms with E-state index in [9.17, 15) is 13.2 Å². The molecule has 0 heterocycles. The van der Waals surface area contributed by atoms with E-state index in [0.717, 1.165) is 12.8 Å². The van der Waals surface area contributed by atoms with Gasteiger partial charge in [-0.3, -0.25) is 4.79 Å². The van der Waals surface area contributed by atoms with Gasteiger partial charge < -0.3 is 4.90 Å². The third-order valence-electron chi connectivity index (χ3n) is 3.18. The Morgan fingerprint density at radius 3 is 2.17 bits per heavy atom. The smallest absolute Gasteiger partial charge is 0.253 e. The number of halogens is 1. The lowest BCUT2D eigenvalue weighted by molar-refractivity contribution is 0.0755. The van der Waals surface area contributed by atoms with Crippen LogP contribution in [-0.2, 0) is 10.0 Å². The molecule has 0 saturated carbocycles. The van der Waals surface area contributed by atoms with E-state index in [1.54, 1.807) is 31.7 Å². The molecule has 1 aromatic carbocycles. The Balaban J connectivity index is 3.24. The lowest BCUT2D eigenvalue weighted by atomic mass is 10.1. The molecule has 1 rings (SSSR count). The summed E-state index contributed by atoms with van der Waals surface area (Å²) < 4.78 is 27.6. The quantitative estimate of drug-likeness (QED) is 0.791. The van der Waals surface area contributed by atoms with Crippen molar-refractivity contribution in [2.75, 3.05) is 13.1 Å². The zero-order valence-electron chi connectivity index (χ0n) is 15.0. The van der Waals surface area contributed by atoms with Crippen molar-refractivity contribution < 1.29 is 13.2 Å². The molecule has 0 bridgehead atoms. The largest absolute Gasteiger partial charge is 0.339 e. The Morgan fingerprint density at radius 1 is 1.17 bits per heavy atom. The summed E-state index contributed by atoms with van der Waals surface area (Å²) in [7, 11) is -3.81. The van der Waals surface area contributed by atoms with Gasteiger partial charge in [-0.05, 0) is 51.8 Å². The zero-order valence-corrected chi connectivity index (χ0v) is 16.6. The van der Waals surface area contributed by atoms with E-state index in [1.165, 1.54) is 12.1 Å². The van der Waals surface area contributed by atoms with Gasteiger partial charge in [-0.25, -0.2) is 13.1 Å². The number of hydrogen-bond donors (Lipinski definition) is 1. The molecule has 7 heteroatoms. The summed E-state index contributed by atoms with van der Waals surface area (Å²) in [6, 6.07) is 4.39. The van der Waals surface area contributed by atoms with Gasteiger partial charge in [0, 0.05) is 24.2 Å². The van der Waals surface area contributed by atoms with Gasteiger partial charge in [0.25, 0.3) is 5.91 Å². The molecule has 0 atom stereocenters. The molecule has 0 aliphatic rings. The van der Waals surface area contributed by atoms with Crippen LogP contribution in [0.5, 0.6) is 0 Å². The van der Waals surface area contributed by atoms with Crippen molar-refractivity contribution in [2.24, 2.45) is 0 Å². The van der Waals surface area contributed by atoms with Crippen LogP contribution in [-0.4, -0.2) is 37.9 Å². The van der Waals surface area contributed by atoms with Crippen molar-refractivity contribution in [3.05, 3.63) is 28.8 Å². The van der Waals surface area contributed by atoms with E-state index in [-0.39, 0.29) is 15.8 Å². The number of rotatable bonds is 7. The van der Waals surface area contributed by atoms with Crippen LogP contribution >= 0.6 is 11.6 Å². The molecule has 0 aliphatic heterocycles. The van der Waals surface area contributed by atoms with Gasteiger partial charge in [0.05, 0.1) is 5.02 Å². The third-order valence-corrected chi connectivity index (χ3v) is 5.42. The van der Waals surface area contributed by atoms with Crippen LogP contribution in [0.3, 0.4) is 0 Å². The van der Waals surface area contributed by atoms with Crippen LogP contribution in [0.25, 0.3) is 0 Å². The lowest BCUT2D eigenvalue weighted by Gasteiger charge is -2.23. The summed E-state index contributed by atoms with van der Waals surface area (Å²) in [5.74, 6) is -0.178. The second-order valence-corrected chi connectivity index (χ2v) is 8.85. The monoisotopic (exact) mass is 374 g/mol.